The van der Waals surface area contributed by atoms with Gasteiger partial charge in [0.25, 0.3) is 0 Å². The Balaban J connectivity index is 2.12. The number of nitrogens with zero attached hydrogens (tertiary/aromatic N) is 1. The second-order valence-electron chi connectivity index (χ2n) is 4.89. The molecule has 0 bridgehead atoms. The van der Waals surface area contributed by atoms with E-state index in [0.29, 0.717) is 12.6 Å². The Hall–Kier alpha value is -0.770. The van der Waals surface area contributed by atoms with Crippen molar-refractivity contribution >= 4 is 6.03 Å². The predicted molar refractivity (Wildman–Crippen MR) is 66.6 cm³/mol. The second kappa shape index (κ2) is 7.49. The van der Waals surface area contributed by atoms with Gasteiger partial charge in [-0.05, 0) is 26.9 Å². The number of rotatable bonds is 4. The van der Waals surface area contributed by atoms with Gasteiger partial charge in [-0.25, -0.2) is 4.79 Å². The fraction of sp³-hybridized carbons (Fsp3) is 0.917. The van der Waals surface area contributed by atoms with Crippen molar-refractivity contribution in [3.8, 4) is 0 Å². The number of urea groups is 1. The molecule has 2 N–H and O–H groups in total. The molecule has 1 saturated carbocycles. The molecular weight excluding hydrogens is 202 g/mol. The summed E-state index contributed by atoms with van der Waals surface area (Å²) in [6, 6.07) is 0.385. The maximum Gasteiger partial charge on any atom is 0.315 e. The summed E-state index contributed by atoms with van der Waals surface area (Å²) in [7, 11) is 4.01. The lowest BCUT2D eigenvalue weighted by Crippen LogP contribution is -2.43. The average molecular weight is 227 g/mol. The zero-order valence-corrected chi connectivity index (χ0v) is 10.6. The molecule has 0 aliphatic heterocycles. The molecule has 0 aromatic carbocycles. The second-order valence-corrected chi connectivity index (χ2v) is 4.89. The highest BCUT2D eigenvalue weighted by atomic mass is 16.2. The van der Waals surface area contributed by atoms with Crippen LogP contribution in [0, 0.1) is 0 Å². The van der Waals surface area contributed by atoms with Crippen LogP contribution in [0.4, 0.5) is 4.79 Å². The normalized spacial score (nSPS) is 18.2. The molecule has 0 aromatic heterocycles. The van der Waals surface area contributed by atoms with Gasteiger partial charge in [-0.3, -0.25) is 0 Å². The number of hydrogen-bond donors (Lipinski definition) is 2. The van der Waals surface area contributed by atoms with Gasteiger partial charge < -0.3 is 15.5 Å². The molecule has 4 nitrogen and oxygen atoms in total. The van der Waals surface area contributed by atoms with E-state index in [9.17, 15) is 4.79 Å². The van der Waals surface area contributed by atoms with Crippen molar-refractivity contribution in [2.45, 2.75) is 44.6 Å². The molecule has 1 fully saturated rings. The van der Waals surface area contributed by atoms with E-state index in [0.717, 1.165) is 19.4 Å². The van der Waals surface area contributed by atoms with E-state index in [-0.39, 0.29) is 6.03 Å². The first-order valence-corrected chi connectivity index (χ1v) is 6.37. The summed E-state index contributed by atoms with van der Waals surface area (Å²) in [4.78, 5) is 13.6. The summed E-state index contributed by atoms with van der Waals surface area (Å²) in [6.07, 6.45) is 7.42. The fourth-order valence-electron chi connectivity index (χ4n) is 2.05. The minimum absolute atomic E-state index is 0.00579. The van der Waals surface area contributed by atoms with E-state index in [1.54, 1.807) is 0 Å². The van der Waals surface area contributed by atoms with Crippen molar-refractivity contribution in [1.29, 1.82) is 0 Å². The van der Waals surface area contributed by atoms with Crippen molar-refractivity contribution in [3.05, 3.63) is 0 Å². The molecule has 4 heteroatoms. The lowest BCUT2D eigenvalue weighted by Gasteiger charge is -2.17. The lowest BCUT2D eigenvalue weighted by molar-refractivity contribution is 0.234. The average Bonchev–Trinajstić information content (AvgIpc) is 2.45. The molecule has 0 heterocycles. The third kappa shape index (κ3) is 5.95. The quantitative estimate of drug-likeness (QED) is 0.716. The molecule has 0 saturated heterocycles. The molecule has 0 aromatic rings. The molecule has 1 rings (SSSR count). The summed E-state index contributed by atoms with van der Waals surface area (Å²) in [5.41, 5.74) is 0. The number of nitrogens with one attached hydrogen (secondary N) is 2. The smallest absolute Gasteiger partial charge is 0.315 e. The van der Waals surface area contributed by atoms with Gasteiger partial charge in [-0.1, -0.05) is 25.7 Å². The van der Waals surface area contributed by atoms with Crippen LogP contribution in [-0.2, 0) is 0 Å². The van der Waals surface area contributed by atoms with E-state index in [2.05, 4.69) is 15.5 Å². The van der Waals surface area contributed by atoms with Crippen LogP contribution < -0.4 is 10.6 Å². The van der Waals surface area contributed by atoms with E-state index in [4.69, 9.17) is 0 Å². The van der Waals surface area contributed by atoms with Crippen LogP contribution in [-0.4, -0.2) is 44.2 Å². The van der Waals surface area contributed by atoms with Crippen molar-refractivity contribution in [1.82, 2.24) is 15.5 Å². The molecule has 16 heavy (non-hydrogen) atoms. The molecule has 0 spiro atoms. The molecule has 0 unspecified atom stereocenters. The van der Waals surface area contributed by atoms with Gasteiger partial charge in [-0.15, -0.1) is 0 Å². The monoisotopic (exact) mass is 227 g/mol. The molecule has 0 atom stereocenters. The summed E-state index contributed by atoms with van der Waals surface area (Å²) in [5.74, 6) is 0. The Kier molecular flexibility index (Phi) is 6.23. The van der Waals surface area contributed by atoms with E-state index < -0.39 is 0 Å². The summed E-state index contributed by atoms with van der Waals surface area (Å²) >= 11 is 0. The summed E-state index contributed by atoms with van der Waals surface area (Å²) in [5, 5.41) is 5.95. The van der Waals surface area contributed by atoms with Crippen LogP contribution in [0.25, 0.3) is 0 Å². The lowest BCUT2D eigenvalue weighted by atomic mass is 10.1. The van der Waals surface area contributed by atoms with Crippen molar-refractivity contribution in [2.24, 2.45) is 0 Å². The SMILES string of the molecule is CN(C)CCNC(=O)NC1CCCCCC1. The first-order chi connectivity index (χ1) is 7.68. The zero-order valence-electron chi connectivity index (χ0n) is 10.6. The van der Waals surface area contributed by atoms with Crippen LogP contribution in [0.1, 0.15) is 38.5 Å². The third-order valence-electron chi connectivity index (χ3n) is 3.03. The molecule has 1 aliphatic rings. The van der Waals surface area contributed by atoms with Crippen LogP contribution >= 0.6 is 0 Å². The van der Waals surface area contributed by atoms with E-state index in [1.165, 1.54) is 25.7 Å². The highest BCUT2D eigenvalue weighted by Gasteiger charge is 2.13. The Morgan fingerprint density at radius 3 is 2.38 bits per heavy atom. The van der Waals surface area contributed by atoms with Gasteiger partial charge in [0.1, 0.15) is 0 Å². The predicted octanol–water partition coefficient (Wildman–Crippen LogP) is 1.57. The molecule has 0 radical (unpaired) electrons. The zero-order chi connectivity index (χ0) is 11.8. The van der Waals surface area contributed by atoms with Crippen molar-refractivity contribution < 1.29 is 4.79 Å². The van der Waals surface area contributed by atoms with Crippen LogP contribution in [0.5, 0.6) is 0 Å². The first-order valence-electron chi connectivity index (χ1n) is 6.37. The number of carbonyl (C=O) groups excluding carboxylic acids is 1. The molecule has 94 valence electrons. The van der Waals surface area contributed by atoms with Gasteiger partial charge in [-0.2, -0.15) is 0 Å². The Labute approximate surface area is 98.8 Å². The summed E-state index contributed by atoms with van der Waals surface area (Å²) in [6.45, 7) is 1.60. The first kappa shape index (κ1) is 13.3. The van der Waals surface area contributed by atoms with Gasteiger partial charge in [0.2, 0.25) is 0 Å². The van der Waals surface area contributed by atoms with Gasteiger partial charge >= 0.3 is 6.03 Å². The van der Waals surface area contributed by atoms with Crippen LogP contribution in [0.3, 0.4) is 0 Å². The fourth-order valence-corrected chi connectivity index (χ4v) is 2.05. The number of carbonyl (C=O) groups is 1. The van der Waals surface area contributed by atoms with Gasteiger partial charge in [0.15, 0.2) is 0 Å². The Morgan fingerprint density at radius 2 is 1.81 bits per heavy atom. The van der Waals surface area contributed by atoms with E-state index >= 15 is 0 Å². The van der Waals surface area contributed by atoms with Gasteiger partial charge in [0.05, 0.1) is 0 Å². The number of likely N-dealkylation sites (N-methyl/N-ethyl adjacent to an activating group) is 1. The maximum atomic E-state index is 11.6. The third-order valence-corrected chi connectivity index (χ3v) is 3.03. The van der Waals surface area contributed by atoms with Crippen molar-refractivity contribution in [3.63, 3.8) is 0 Å². The summed E-state index contributed by atoms with van der Waals surface area (Å²) < 4.78 is 0. The topological polar surface area (TPSA) is 44.4 Å². The largest absolute Gasteiger partial charge is 0.337 e. The maximum absolute atomic E-state index is 11.6. The van der Waals surface area contributed by atoms with Crippen LogP contribution in [0.2, 0.25) is 0 Å². The van der Waals surface area contributed by atoms with Crippen LogP contribution in [0.15, 0.2) is 0 Å². The van der Waals surface area contributed by atoms with E-state index in [1.807, 2.05) is 14.1 Å². The molecule has 2 amide bonds. The molecule has 1 aliphatic carbocycles. The Morgan fingerprint density at radius 1 is 1.19 bits per heavy atom. The Bertz CT molecular complexity index is 198. The highest BCUT2D eigenvalue weighted by molar-refractivity contribution is 5.74. The number of hydrogen-bond acceptors (Lipinski definition) is 2. The minimum Gasteiger partial charge on any atom is -0.337 e. The standard InChI is InChI=1S/C12H25N3O/c1-15(2)10-9-13-12(16)14-11-7-5-3-4-6-8-11/h11H,3-10H2,1-2H3,(H2,13,14,16). The van der Waals surface area contributed by atoms with Gasteiger partial charge in [0, 0.05) is 19.1 Å². The number of amides is 2. The molecular formula is C12H25N3O. The highest BCUT2D eigenvalue weighted by Crippen LogP contribution is 2.16. The van der Waals surface area contributed by atoms with Crippen molar-refractivity contribution in [2.75, 3.05) is 27.2 Å². The minimum atomic E-state index is -0.00579.